The molecule has 2 atom stereocenters. The molecule has 15 heavy (non-hydrogen) atoms. The Labute approximate surface area is 85.7 Å². The van der Waals surface area contributed by atoms with E-state index in [0.717, 1.165) is 0 Å². The maximum atomic E-state index is 11.4. The molecular weight excluding hydrogens is 196 g/mol. The van der Waals surface area contributed by atoms with Crippen LogP contribution in [0.25, 0.3) is 0 Å². The Balaban J connectivity index is 2.29. The molecule has 0 spiro atoms. The Morgan fingerprint density at radius 2 is 2.27 bits per heavy atom. The van der Waals surface area contributed by atoms with Crippen LogP contribution in [-0.2, 0) is 0 Å². The number of aromatic nitrogens is 2. The van der Waals surface area contributed by atoms with Crippen molar-refractivity contribution < 1.29 is 5.11 Å². The normalized spacial score (nSPS) is 24.6. The fourth-order valence-electron chi connectivity index (χ4n) is 1.78. The van der Waals surface area contributed by atoms with Crippen LogP contribution in [0.2, 0.25) is 0 Å². The lowest BCUT2D eigenvalue weighted by molar-refractivity contribution is 0.243. The van der Waals surface area contributed by atoms with Gasteiger partial charge in [0, 0.05) is 24.8 Å². The van der Waals surface area contributed by atoms with Gasteiger partial charge < -0.3 is 5.11 Å². The first-order valence-electron chi connectivity index (χ1n) is 4.81. The second-order valence-corrected chi connectivity index (χ2v) is 3.65. The molecule has 0 saturated heterocycles. The van der Waals surface area contributed by atoms with Crippen molar-refractivity contribution in [3.8, 4) is 0 Å². The van der Waals surface area contributed by atoms with Crippen molar-refractivity contribution >= 4 is 0 Å². The first kappa shape index (κ1) is 9.92. The highest BCUT2D eigenvalue weighted by molar-refractivity contribution is 5.06. The molecule has 80 valence electrons. The SMILES string of the molecule is O=c1ccn(C2C=CC(CO)C2)c(=O)[nH]1. The molecule has 0 bridgehead atoms. The maximum Gasteiger partial charge on any atom is 0.328 e. The minimum atomic E-state index is -0.407. The monoisotopic (exact) mass is 208 g/mol. The zero-order valence-electron chi connectivity index (χ0n) is 8.09. The number of nitrogens with one attached hydrogen (secondary N) is 1. The summed E-state index contributed by atoms with van der Waals surface area (Å²) in [5.41, 5.74) is -0.798. The summed E-state index contributed by atoms with van der Waals surface area (Å²) in [6, 6.07) is 1.26. The van der Waals surface area contributed by atoms with E-state index in [1.807, 2.05) is 12.2 Å². The highest BCUT2D eigenvalue weighted by Gasteiger charge is 2.20. The number of aliphatic hydroxyl groups excluding tert-OH is 1. The van der Waals surface area contributed by atoms with E-state index in [2.05, 4.69) is 4.98 Å². The zero-order valence-corrected chi connectivity index (χ0v) is 8.09. The van der Waals surface area contributed by atoms with E-state index in [1.54, 1.807) is 0 Å². The summed E-state index contributed by atoms with van der Waals surface area (Å²) >= 11 is 0. The molecule has 0 aliphatic heterocycles. The van der Waals surface area contributed by atoms with Gasteiger partial charge in [0.15, 0.2) is 0 Å². The lowest BCUT2D eigenvalue weighted by atomic mass is 10.1. The van der Waals surface area contributed by atoms with Crippen LogP contribution in [0.3, 0.4) is 0 Å². The van der Waals surface area contributed by atoms with Crippen molar-refractivity contribution in [3.63, 3.8) is 0 Å². The van der Waals surface area contributed by atoms with Crippen LogP contribution in [0.5, 0.6) is 0 Å². The van der Waals surface area contributed by atoms with Crippen molar-refractivity contribution in [2.45, 2.75) is 12.5 Å². The van der Waals surface area contributed by atoms with Crippen LogP contribution in [-0.4, -0.2) is 21.3 Å². The zero-order chi connectivity index (χ0) is 10.8. The van der Waals surface area contributed by atoms with Gasteiger partial charge in [-0.15, -0.1) is 0 Å². The van der Waals surface area contributed by atoms with Gasteiger partial charge >= 0.3 is 5.69 Å². The van der Waals surface area contributed by atoms with Gasteiger partial charge in [-0.05, 0) is 6.42 Å². The summed E-state index contributed by atoms with van der Waals surface area (Å²) in [7, 11) is 0. The van der Waals surface area contributed by atoms with Gasteiger partial charge in [-0.2, -0.15) is 0 Å². The summed E-state index contributed by atoms with van der Waals surface area (Å²) < 4.78 is 1.47. The van der Waals surface area contributed by atoms with Crippen LogP contribution in [0, 0.1) is 5.92 Å². The summed E-state index contributed by atoms with van der Waals surface area (Å²) in [6.07, 6.45) is 5.95. The fraction of sp³-hybridized carbons (Fsp3) is 0.400. The summed E-state index contributed by atoms with van der Waals surface area (Å²) in [6.45, 7) is 0.0884. The van der Waals surface area contributed by atoms with Gasteiger partial charge in [-0.25, -0.2) is 4.79 Å². The Morgan fingerprint density at radius 3 is 2.87 bits per heavy atom. The largest absolute Gasteiger partial charge is 0.396 e. The topological polar surface area (TPSA) is 75.1 Å². The maximum absolute atomic E-state index is 11.4. The van der Waals surface area contributed by atoms with Crippen molar-refractivity contribution in [1.82, 2.24) is 9.55 Å². The Kier molecular flexibility index (Phi) is 2.55. The van der Waals surface area contributed by atoms with Gasteiger partial charge in [0.2, 0.25) is 0 Å². The first-order valence-corrected chi connectivity index (χ1v) is 4.81. The molecule has 0 amide bonds. The van der Waals surface area contributed by atoms with Crippen LogP contribution >= 0.6 is 0 Å². The molecule has 2 unspecified atom stereocenters. The standard InChI is InChI=1S/C10H12N2O3/c13-6-7-1-2-8(5-7)12-4-3-9(14)11-10(12)15/h1-4,7-8,13H,5-6H2,(H,11,14,15). The highest BCUT2D eigenvalue weighted by atomic mass is 16.3. The number of H-pyrrole nitrogens is 1. The number of nitrogens with zero attached hydrogens (tertiary/aromatic N) is 1. The van der Waals surface area contributed by atoms with Crippen molar-refractivity contribution in [2.24, 2.45) is 5.92 Å². The van der Waals surface area contributed by atoms with Gasteiger partial charge in [0.05, 0.1) is 6.04 Å². The molecule has 1 aromatic rings. The quantitative estimate of drug-likeness (QED) is 0.652. The van der Waals surface area contributed by atoms with Gasteiger partial charge in [-0.3, -0.25) is 14.3 Å². The van der Waals surface area contributed by atoms with Crippen molar-refractivity contribution in [1.29, 1.82) is 0 Å². The van der Waals surface area contributed by atoms with E-state index >= 15 is 0 Å². The molecule has 5 nitrogen and oxygen atoms in total. The van der Waals surface area contributed by atoms with Crippen LogP contribution < -0.4 is 11.2 Å². The Morgan fingerprint density at radius 1 is 1.47 bits per heavy atom. The average molecular weight is 208 g/mol. The number of hydrogen-bond donors (Lipinski definition) is 2. The summed E-state index contributed by atoms with van der Waals surface area (Å²) in [4.78, 5) is 24.5. The van der Waals surface area contributed by atoms with E-state index in [0.29, 0.717) is 6.42 Å². The van der Waals surface area contributed by atoms with E-state index in [4.69, 9.17) is 5.11 Å². The number of aliphatic hydroxyl groups is 1. The second kappa shape index (κ2) is 3.86. The minimum Gasteiger partial charge on any atom is -0.396 e. The first-order chi connectivity index (χ1) is 7.20. The fourth-order valence-corrected chi connectivity index (χ4v) is 1.78. The third kappa shape index (κ3) is 1.92. The van der Waals surface area contributed by atoms with E-state index in [9.17, 15) is 9.59 Å². The highest BCUT2D eigenvalue weighted by Crippen LogP contribution is 2.25. The predicted molar refractivity (Wildman–Crippen MR) is 54.7 cm³/mol. The molecular formula is C10H12N2O3. The molecule has 0 radical (unpaired) electrons. The average Bonchev–Trinajstić information content (AvgIpc) is 2.66. The molecule has 1 aromatic heterocycles. The minimum absolute atomic E-state index is 0.0634. The molecule has 0 saturated carbocycles. The van der Waals surface area contributed by atoms with E-state index in [1.165, 1.54) is 16.8 Å². The lowest BCUT2D eigenvalue weighted by Crippen LogP contribution is -2.30. The van der Waals surface area contributed by atoms with Crippen molar-refractivity contribution in [3.05, 3.63) is 45.3 Å². The Bertz CT molecular complexity index is 486. The van der Waals surface area contributed by atoms with Crippen molar-refractivity contribution in [2.75, 3.05) is 6.61 Å². The molecule has 0 aromatic carbocycles. The van der Waals surface area contributed by atoms with Gasteiger partial charge in [-0.1, -0.05) is 12.2 Å². The smallest absolute Gasteiger partial charge is 0.328 e. The molecule has 1 aliphatic carbocycles. The van der Waals surface area contributed by atoms with Gasteiger partial charge in [0.25, 0.3) is 5.56 Å². The lowest BCUT2D eigenvalue weighted by Gasteiger charge is -2.12. The summed E-state index contributed by atoms with van der Waals surface area (Å²) in [5, 5.41) is 8.95. The predicted octanol–water partition coefficient (Wildman–Crippen LogP) is -0.354. The van der Waals surface area contributed by atoms with Crippen LogP contribution in [0.4, 0.5) is 0 Å². The number of aromatic amines is 1. The number of hydrogen-bond acceptors (Lipinski definition) is 3. The van der Waals surface area contributed by atoms with E-state index in [-0.39, 0.29) is 18.6 Å². The van der Waals surface area contributed by atoms with Gasteiger partial charge in [0.1, 0.15) is 0 Å². The van der Waals surface area contributed by atoms with E-state index < -0.39 is 11.2 Å². The Hall–Kier alpha value is -1.62. The molecule has 5 heteroatoms. The number of allylic oxidation sites excluding steroid dienone is 1. The summed E-state index contributed by atoms with van der Waals surface area (Å²) in [5.74, 6) is 0.105. The molecule has 2 N–H and O–H groups in total. The third-order valence-corrected chi connectivity index (χ3v) is 2.59. The third-order valence-electron chi connectivity index (χ3n) is 2.59. The molecule has 0 fully saturated rings. The van der Waals surface area contributed by atoms with Crippen LogP contribution in [0.15, 0.2) is 34.0 Å². The number of rotatable bonds is 2. The second-order valence-electron chi connectivity index (χ2n) is 3.65. The molecule has 2 rings (SSSR count). The molecule has 1 heterocycles. The van der Waals surface area contributed by atoms with Crippen LogP contribution in [0.1, 0.15) is 12.5 Å². The molecule has 1 aliphatic rings.